The molecule has 0 aliphatic heterocycles. The molecule has 0 saturated heterocycles. The molecule has 10 heteroatoms. The third-order valence-electron chi connectivity index (χ3n) is 3.61. The molecule has 0 spiro atoms. The lowest BCUT2D eigenvalue weighted by molar-refractivity contribution is 0.321. The lowest BCUT2D eigenvalue weighted by Gasteiger charge is -2.26. The van der Waals surface area contributed by atoms with Crippen molar-refractivity contribution in [2.45, 2.75) is 39.8 Å². The maximum absolute atomic E-state index is 11.6. The molecule has 2 aromatic rings. The molecule has 9 nitrogen and oxygen atoms in total. The zero-order valence-corrected chi connectivity index (χ0v) is 15.1. The summed E-state index contributed by atoms with van der Waals surface area (Å²) in [6.45, 7) is 7.50. The largest absolute Gasteiger partial charge is 0.411 e. The van der Waals surface area contributed by atoms with Gasteiger partial charge in [-0.2, -0.15) is 0 Å². The van der Waals surface area contributed by atoms with Crippen LogP contribution in [-0.2, 0) is 16.6 Å². The summed E-state index contributed by atoms with van der Waals surface area (Å²) < 4.78 is 27.5. The van der Waals surface area contributed by atoms with Gasteiger partial charge in [0, 0.05) is 17.8 Å². The van der Waals surface area contributed by atoms with Gasteiger partial charge in [-0.05, 0) is 33.3 Å². The van der Waals surface area contributed by atoms with E-state index < -0.39 is 15.6 Å². The van der Waals surface area contributed by atoms with Crippen molar-refractivity contribution in [2.24, 2.45) is 5.16 Å². The van der Waals surface area contributed by atoms with Crippen LogP contribution in [0.15, 0.2) is 5.16 Å². The molecular weight excluding hydrogens is 332 g/mol. The van der Waals surface area contributed by atoms with E-state index in [2.05, 4.69) is 19.8 Å². The first-order valence-corrected chi connectivity index (χ1v) is 9.13. The van der Waals surface area contributed by atoms with Crippen LogP contribution >= 0.6 is 0 Å². The summed E-state index contributed by atoms with van der Waals surface area (Å²) in [6.07, 6.45) is 2.29. The van der Waals surface area contributed by atoms with Crippen LogP contribution in [0, 0.1) is 13.8 Å². The molecule has 0 aromatic carbocycles. The maximum atomic E-state index is 11.6. The first kappa shape index (κ1) is 18.1. The minimum atomic E-state index is -3.39. The summed E-state index contributed by atoms with van der Waals surface area (Å²) in [5.74, 6) is 0.631. The Bertz CT molecular complexity index is 914. The molecule has 2 heterocycles. The Kier molecular flexibility index (Phi) is 4.55. The molecule has 0 radical (unpaired) electrons. The van der Waals surface area contributed by atoms with E-state index in [-0.39, 0.29) is 12.4 Å². The second kappa shape index (κ2) is 6.02. The number of nitrogens with one attached hydrogen (secondary N) is 1. The summed E-state index contributed by atoms with van der Waals surface area (Å²) in [5.41, 5.74) is 8.02. The number of hydrogen-bond donors (Lipinski definition) is 3. The van der Waals surface area contributed by atoms with Gasteiger partial charge >= 0.3 is 0 Å². The minimum Gasteiger partial charge on any atom is -0.411 e. The Balaban J connectivity index is 2.69. The number of anilines is 1. The number of imidazole rings is 1. The van der Waals surface area contributed by atoms with Crippen molar-refractivity contribution in [3.8, 4) is 0 Å². The molecule has 0 saturated carbocycles. The lowest BCUT2D eigenvalue weighted by Crippen LogP contribution is -2.46. The monoisotopic (exact) mass is 354 g/mol. The van der Waals surface area contributed by atoms with E-state index in [0.717, 1.165) is 23.0 Å². The molecular formula is C14H22N6O3S. The van der Waals surface area contributed by atoms with Gasteiger partial charge in [0.15, 0.2) is 11.6 Å². The smallest absolute Gasteiger partial charge is 0.209 e. The average Bonchev–Trinajstić information content (AvgIpc) is 2.73. The number of rotatable bonds is 5. The molecule has 0 unspecified atom stereocenters. The van der Waals surface area contributed by atoms with Crippen molar-refractivity contribution in [1.82, 2.24) is 19.3 Å². The Morgan fingerprint density at radius 3 is 2.54 bits per heavy atom. The molecule has 24 heavy (non-hydrogen) atoms. The van der Waals surface area contributed by atoms with Gasteiger partial charge < -0.3 is 15.5 Å². The maximum Gasteiger partial charge on any atom is 0.209 e. The first-order chi connectivity index (χ1) is 10.9. The molecule has 0 aliphatic carbocycles. The topological polar surface area (TPSA) is 135 Å². The number of fused-ring (bicyclic) bond motifs is 1. The highest BCUT2D eigenvalue weighted by molar-refractivity contribution is 7.88. The zero-order chi connectivity index (χ0) is 18.3. The van der Waals surface area contributed by atoms with Crippen LogP contribution in [0.5, 0.6) is 0 Å². The van der Waals surface area contributed by atoms with Crippen LogP contribution in [-0.4, -0.2) is 46.2 Å². The quantitative estimate of drug-likeness (QED) is 0.412. The Morgan fingerprint density at radius 2 is 2.00 bits per heavy atom. The van der Waals surface area contributed by atoms with Gasteiger partial charge in [-0.1, -0.05) is 5.16 Å². The standard InChI is InChI=1S/C14H22N6O3S/c1-8-9(2)17-13(15)11-12(8)20(10(18-11)6-16-21)7-14(3,4)19-24(5,22)23/h6,19,21H,7H2,1-5H3,(H2,15,17)/b16-6+. The summed E-state index contributed by atoms with van der Waals surface area (Å²) in [6, 6.07) is 0. The van der Waals surface area contributed by atoms with Gasteiger partial charge in [0.1, 0.15) is 11.7 Å². The number of nitrogens with two attached hydrogens (primary N) is 1. The highest BCUT2D eigenvalue weighted by atomic mass is 32.2. The number of nitrogens with zero attached hydrogens (tertiary/aromatic N) is 4. The van der Waals surface area contributed by atoms with Crippen LogP contribution in [0.4, 0.5) is 5.82 Å². The van der Waals surface area contributed by atoms with Gasteiger partial charge in [-0.3, -0.25) is 0 Å². The van der Waals surface area contributed by atoms with Crippen molar-refractivity contribution < 1.29 is 13.6 Å². The normalized spacial score (nSPS) is 13.2. The van der Waals surface area contributed by atoms with Crippen molar-refractivity contribution in [3.05, 3.63) is 17.1 Å². The van der Waals surface area contributed by atoms with Crippen molar-refractivity contribution >= 4 is 33.1 Å². The van der Waals surface area contributed by atoms with Gasteiger partial charge in [-0.15, -0.1) is 0 Å². The Labute approximate surface area is 140 Å². The SMILES string of the molecule is Cc1nc(N)c2nc(/C=N/O)n(CC(C)(C)NS(C)(=O)=O)c2c1C. The number of aryl methyl sites for hydroxylation is 2. The highest BCUT2D eigenvalue weighted by Crippen LogP contribution is 2.27. The second-order valence-corrected chi connectivity index (χ2v) is 8.21. The summed E-state index contributed by atoms with van der Waals surface area (Å²) in [5, 5.41) is 11.9. The van der Waals surface area contributed by atoms with Gasteiger partial charge in [0.25, 0.3) is 0 Å². The number of sulfonamides is 1. The van der Waals surface area contributed by atoms with E-state index in [1.54, 1.807) is 18.4 Å². The van der Waals surface area contributed by atoms with Crippen molar-refractivity contribution in [1.29, 1.82) is 0 Å². The summed E-state index contributed by atoms with van der Waals surface area (Å²) in [7, 11) is -3.39. The second-order valence-electron chi connectivity index (χ2n) is 6.46. The number of oxime groups is 1. The molecule has 0 atom stereocenters. The van der Waals surface area contributed by atoms with E-state index in [1.807, 2.05) is 13.8 Å². The molecule has 2 rings (SSSR count). The highest BCUT2D eigenvalue weighted by Gasteiger charge is 2.26. The van der Waals surface area contributed by atoms with E-state index in [1.165, 1.54) is 6.21 Å². The number of pyridine rings is 1. The van der Waals surface area contributed by atoms with Crippen molar-refractivity contribution in [2.75, 3.05) is 12.0 Å². The van der Waals surface area contributed by atoms with Crippen LogP contribution < -0.4 is 10.5 Å². The van der Waals surface area contributed by atoms with Crippen LogP contribution in [0.3, 0.4) is 0 Å². The predicted molar refractivity (Wildman–Crippen MR) is 92.9 cm³/mol. The van der Waals surface area contributed by atoms with E-state index in [9.17, 15) is 8.42 Å². The summed E-state index contributed by atoms with van der Waals surface area (Å²) >= 11 is 0. The van der Waals surface area contributed by atoms with Gasteiger partial charge in [-0.25, -0.2) is 23.1 Å². The summed E-state index contributed by atoms with van der Waals surface area (Å²) in [4.78, 5) is 8.63. The fourth-order valence-electron chi connectivity index (χ4n) is 2.76. The molecule has 0 bridgehead atoms. The lowest BCUT2D eigenvalue weighted by atomic mass is 10.1. The predicted octanol–water partition coefficient (Wildman–Crippen LogP) is 0.766. The molecule has 132 valence electrons. The van der Waals surface area contributed by atoms with Crippen LogP contribution in [0.25, 0.3) is 11.0 Å². The molecule has 0 aliphatic rings. The van der Waals surface area contributed by atoms with Gasteiger partial charge in [0.05, 0.1) is 11.8 Å². The fraction of sp³-hybridized carbons (Fsp3) is 0.500. The average molecular weight is 354 g/mol. The third kappa shape index (κ3) is 3.65. The molecule has 2 aromatic heterocycles. The number of nitrogen functional groups attached to an aromatic ring is 1. The molecule has 0 amide bonds. The third-order valence-corrected chi connectivity index (χ3v) is 4.54. The molecule has 0 fully saturated rings. The zero-order valence-electron chi connectivity index (χ0n) is 14.3. The Morgan fingerprint density at radius 1 is 1.38 bits per heavy atom. The Hall–Kier alpha value is -2.20. The fourth-order valence-corrected chi connectivity index (χ4v) is 3.83. The number of hydrogen-bond acceptors (Lipinski definition) is 7. The molecule has 4 N–H and O–H groups in total. The van der Waals surface area contributed by atoms with Gasteiger partial charge in [0.2, 0.25) is 10.0 Å². The van der Waals surface area contributed by atoms with E-state index in [4.69, 9.17) is 10.9 Å². The number of aromatic nitrogens is 3. The van der Waals surface area contributed by atoms with Crippen LogP contribution in [0.2, 0.25) is 0 Å². The minimum absolute atomic E-state index is 0.266. The van der Waals surface area contributed by atoms with Crippen molar-refractivity contribution in [3.63, 3.8) is 0 Å². The first-order valence-electron chi connectivity index (χ1n) is 7.24. The van der Waals surface area contributed by atoms with E-state index in [0.29, 0.717) is 11.3 Å². The van der Waals surface area contributed by atoms with Crippen LogP contribution in [0.1, 0.15) is 30.9 Å². The van der Waals surface area contributed by atoms with E-state index >= 15 is 0 Å².